The largest absolute Gasteiger partial charge is 0.467 e. The number of aromatic nitrogens is 2. The van der Waals surface area contributed by atoms with Gasteiger partial charge in [0.2, 0.25) is 5.88 Å². The third kappa shape index (κ3) is 6.40. The van der Waals surface area contributed by atoms with Gasteiger partial charge in [0.25, 0.3) is 0 Å². The quantitative estimate of drug-likeness (QED) is 0.416. The molecular formula is C21H27F3N2O6S. The summed E-state index contributed by atoms with van der Waals surface area (Å²) < 4.78 is 55.4. The minimum Gasteiger partial charge on any atom is -0.467 e. The number of nitrogens with zero attached hydrogens (tertiary/aromatic N) is 1. The third-order valence-electron chi connectivity index (χ3n) is 4.99. The van der Waals surface area contributed by atoms with Gasteiger partial charge in [0, 0.05) is 16.2 Å². The number of hydrogen-bond acceptors (Lipinski definition) is 8. The Balaban J connectivity index is 1.82. The van der Waals surface area contributed by atoms with E-state index in [1.54, 1.807) is 18.7 Å². The van der Waals surface area contributed by atoms with Gasteiger partial charge in [0.1, 0.15) is 24.0 Å². The highest BCUT2D eigenvalue weighted by atomic mass is 32.2. The number of aliphatic hydroxyl groups is 3. The Bertz CT molecular complexity index is 912. The van der Waals surface area contributed by atoms with E-state index >= 15 is 0 Å². The predicted octanol–water partition coefficient (Wildman–Crippen LogP) is 2.89. The summed E-state index contributed by atoms with van der Waals surface area (Å²) in [6.07, 6.45) is -12.3. The molecule has 6 atom stereocenters. The fourth-order valence-corrected chi connectivity index (χ4v) is 4.32. The van der Waals surface area contributed by atoms with E-state index in [0.29, 0.717) is 11.3 Å². The van der Waals surface area contributed by atoms with Crippen molar-refractivity contribution < 1.29 is 42.7 Å². The number of halogens is 3. The molecule has 1 saturated heterocycles. The van der Waals surface area contributed by atoms with E-state index in [2.05, 4.69) is 18.9 Å². The lowest BCUT2D eigenvalue weighted by Gasteiger charge is -2.42. The zero-order chi connectivity index (χ0) is 24.3. The minimum absolute atomic E-state index is 0.365. The number of rotatable bonds is 8. The van der Waals surface area contributed by atoms with Crippen LogP contribution in [-0.4, -0.2) is 68.1 Å². The zero-order valence-electron chi connectivity index (χ0n) is 18.2. The van der Waals surface area contributed by atoms with Crippen LogP contribution in [0.15, 0.2) is 35.2 Å². The van der Waals surface area contributed by atoms with Crippen molar-refractivity contribution in [3.05, 3.63) is 41.6 Å². The van der Waals surface area contributed by atoms with Crippen molar-refractivity contribution in [2.24, 2.45) is 0 Å². The van der Waals surface area contributed by atoms with E-state index in [9.17, 15) is 28.5 Å². The van der Waals surface area contributed by atoms with Gasteiger partial charge in [0.15, 0.2) is 12.4 Å². The average Bonchev–Trinajstić information content (AvgIpc) is 3.22. The highest BCUT2D eigenvalue weighted by Gasteiger charge is 2.48. The average molecular weight is 493 g/mol. The molecule has 1 aliphatic rings. The number of benzene rings is 1. The summed E-state index contributed by atoms with van der Waals surface area (Å²) in [5.74, 6) is -0.450. The van der Waals surface area contributed by atoms with Gasteiger partial charge in [-0.3, -0.25) is 5.10 Å². The molecule has 2 heterocycles. The van der Waals surface area contributed by atoms with Crippen LogP contribution in [-0.2, 0) is 15.7 Å². The molecule has 1 fully saturated rings. The molecule has 33 heavy (non-hydrogen) atoms. The fourth-order valence-electron chi connectivity index (χ4n) is 3.41. The first-order valence-corrected chi connectivity index (χ1v) is 11.2. The Morgan fingerprint density at radius 2 is 1.91 bits per heavy atom. The number of hydrogen-bond donors (Lipinski definition) is 4. The van der Waals surface area contributed by atoms with Crippen molar-refractivity contribution in [2.75, 3.05) is 6.61 Å². The fraction of sp³-hybridized carbons (Fsp3) is 0.571. The molecule has 0 aliphatic carbocycles. The normalized spacial score (nSPS) is 27.0. The van der Waals surface area contributed by atoms with Crippen LogP contribution in [0.3, 0.4) is 0 Å². The van der Waals surface area contributed by atoms with E-state index in [4.69, 9.17) is 14.2 Å². The van der Waals surface area contributed by atoms with Crippen LogP contribution in [0, 0.1) is 0 Å². The maximum atomic E-state index is 12.9. The van der Waals surface area contributed by atoms with Gasteiger partial charge in [0.05, 0.1) is 12.7 Å². The molecule has 1 unspecified atom stereocenters. The number of H-pyrrole nitrogens is 1. The second-order valence-corrected chi connectivity index (χ2v) is 9.57. The molecule has 1 aliphatic heterocycles. The predicted molar refractivity (Wildman–Crippen MR) is 113 cm³/mol. The Labute approximate surface area is 193 Å². The first-order chi connectivity index (χ1) is 15.5. The van der Waals surface area contributed by atoms with Crippen molar-refractivity contribution in [3.8, 4) is 5.88 Å². The van der Waals surface area contributed by atoms with E-state index in [0.717, 1.165) is 10.5 Å². The van der Waals surface area contributed by atoms with Crippen molar-refractivity contribution in [1.29, 1.82) is 0 Å². The summed E-state index contributed by atoms with van der Waals surface area (Å²) in [6.45, 7) is 5.20. The summed E-state index contributed by atoms with van der Waals surface area (Å²) in [5, 5.41) is 36.2. The molecule has 3 rings (SSSR count). The molecule has 0 radical (unpaired) electrons. The number of thioether (sulfide) groups is 1. The molecule has 2 aromatic rings. The van der Waals surface area contributed by atoms with Crippen molar-refractivity contribution >= 4 is 11.8 Å². The molecule has 1 aromatic carbocycles. The highest BCUT2D eigenvalue weighted by Crippen LogP contribution is 2.34. The summed E-state index contributed by atoms with van der Waals surface area (Å²) in [5.41, 5.74) is -0.354. The van der Waals surface area contributed by atoms with E-state index in [1.165, 1.54) is 0 Å². The molecule has 184 valence electrons. The van der Waals surface area contributed by atoms with Crippen molar-refractivity contribution in [3.63, 3.8) is 0 Å². The molecule has 0 amide bonds. The topological polar surface area (TPSA) is 117 Å². The van der Waals surface area contributed by atoms with Crippen molar-refractivity contribution in [2.45, 2.75) is 73.9 Å². The van der Waals surface area contributed by atoms with Crippen LogP contribution >= 0.6 is 11.8 Å². The summed E-state index contributed by atoms with van der Waals surface area (Å²) in [4.78, 5) is 1.02. The lowest BCUT2D eigenvalue weighted by molar-refractivity contribution is -0.299. The standard InChI is InChI=1S/C21H27F3N2O6S/c1-10(2)33-13-6-4-5-12(7-13)11(3)30-19-18(17(28)14(9-27)31-20(19)29)32-16-8-15(25-26-16)21(22,23)24/h4-8,10-11,14,17-20,27-29H,9H2,1-3H3,(H,25,26)/t11?,14-,17-,18+,19-,20-/m1/s1. The van der Waals surface area contributed by atoms with Crippen LogP contribution in [0.25, 0.3) is 0 Å². The first-order valence-electron chi connectivity index (χ1n) is 10.3. The Kier molecular flexibility index (Phi) is 8.30. The Hall–Kier alpha value is -1.83. The molecule has 1 aromatic heterocycles. The summed E-state index contributed by atoms with van der Waals surface area (Å²) in [6, 6.07) is 8.21. The molecule has 0 spiro atoms. The maximum absolute atomic E-state index is 12.9. The second kappa shape index (κ2) is 10.6. The van der Waals surface area contributed by atoms with Gasteiger partial charge in [-0.05, 0) is 24.6 Å². The minimum atomic E-state index is -4.67. The van der Waals surface area contributed by atoms with E-state index in [1.807, 2.05) is 29.4 Å². The van der Waals surface area contributed by atoms with Gasteiger partial charge in [-0.1, -0.05) is 26.0 Å². The zero-order valence-corrected chi connectivity index (χ0v) is 19.0. The second-order valence-electron chi connectivity index (χ2n) is 7.92. The monoisotopic (exact) mass is 492 g/mol. The molecule has 0 bridgehead atoms. The van der Waals surface area contributed by atoms with Crippen LogP contribution in [0.1, 0.15) is 38.1 Å². The lowest BCUT2D eigenvalue weighted by atomic mass is 9.98. The van der Waals surface area contributed by atoms with Gasteiger partial charge in [-0.2, -0.15) is 13.2 Å². The van der Waals surface area contributed by atoms with Gasteiger partial charge in [-0.25, -0.2) is 0 Å². The summed E-state index contributed by atoms with van der Waals surface area (Å²) in [7, 11) is 0. The van der Waals surface area contributed by atoms with Gasteiger partial charge in [-0.15, -0.1) is 16.9 Å². The SMILES string of the molecule is CC(C)Sc1cccc(C(C)O[C@@H]2[C@@H](Oc3cc(C(F)(F)F)[nH]n3)[C@H](O)[C@@H](CO)O[C@H]2O)c1. The highest BCUT2D eigenvalue weighted by molar-refractivity contribution is 7.99. The molecule has 8 nitrogen and oxygen atoms in total. The number of aliphatic hydroxyl groups excluding tert-OH is 3. The number of ether oxygens (including phenoxy) is 3. The van der Waals surface area contributed by atoms with Crippen LogP contribution < -0.4 is 4.74 Å². The van der Waals surface area contributed by atoms with Crippen LogP contribution in [0.4, 0.5) is 13.2 Å². The number of nitrogens with one attached hydrogen (secondary N) is 1. The smallest absolute Gasteiger partial charge is 0.432 e. The summed E-state index contributed by atoms with van der Waals surface area (Å²) >= 11 is 1.66. The Morgan fingerprint density at radius 3 is 2.52 bits per heavy atom. The van der Waals surface area contributed by atoms with Crippen LogP contribution in [0.2, 0.25) is 0 Å². The number of alkyl halides is 3. The van der Waals surface area contributed by atoms with Gasteiger partial charge >= 0.3 is 6.18 Å². The van der Waals surface area contributed by atoms with Crippen LogP contribution in [0.5, 0.6) is 5.88 Å². The molecule has 12 heteroatoms. The molecular weight excluding hydrogens is 465 g/mol. The van der Waals surface area contributed by atoms with E-state index < -0.39 is 61.2 Å². The molecule has 4 N–H and O–H groups in total. The first kappa shape index (κ1) is 25.8. The number of aromatic amines is 1. The van der Waals surface area contributed by atoms with Gasteiger partial charge < -0.3 is 29.5 Å². The van der Waals surface area contributed by atoms with Crippen molar-refractivity contribution in [1.82, 2.24) is 10.2 Å². The third-order valence-corrected chi connectivity index (χ3v) is 5.99. The lowest BCUT2D eigenvalue weighted by Crippen LogP contribution is -2.61. The maximum Gasteiger partial charge on any atom is 0.432 e. The Morgan fingerprint density at radius 1 is 1.18 bits per heavy atom. The van der Waals surface area contributed by atoms with E-state index in [-0.39, 0.29) is 0 Å². The molecule has 0 saturated carbocycles.